The largest absolute Gasteiger partial charge is 0.478 e. The van der Waals surface area contributed by atoms with Crippen molar-refractivity contribution >= 4 is 46.4 Å². The SMILES string of the molecule is N#C/C(=N\Nc1cc(C(=O)O)c(Cl)cc1Cl)C(=N)N. The number of nitrogens with zero attached hydrogens (tertiary/aromatic N) is 2. The lowest BCUT2D eigenvalue weighted by Crippen LogP contribution is -2.21. The van der Waals surface area contributed by atoms with E-state index in [4.69, 9.17) is 44.7 Å². The quantitative estimate of drug-likeness (QED) is 0.382. The molecule has 0 aliphatic carbocycles. The highest BCUT2D eigenvalue weighted by atomic mass is 35.5. The molecular weight excluding hydrogens is 293 g/mol. The van der Waals surface area contributed by atoms with Crippen LogP contribution in [0.5, 0.6) is 0 Å². The summed E-state index contributed by atoms with van der Waals surface area (Å²) in [4.78, 5) is 10.9. The number of hydrazone groups is 1. The number of carboxylic acids is 1. The van der Waals surface area contributed by atoms with E-state index in [0.717, 1.165) is 6.07 Å². The second-order valence-corrected chi connectivity index (χ2v) is 4.03. The molecule has 0 aromatic heterocycles. The van der Waals surface area contributed by atoms with Crippen LogP contribution in [0.1, 0.15) is 10.4 Å². The van der Waals surface area contributed by atoms with Gasteiger partial charge in [0.25, 0.3) is 0 Å². The Morgan fingerprint density at radius 2 is 2.11 bits per heavy atom. The van der Waals surface area contributed by atoms with Gasteiger partial charge >= 0.3 is 5.97 Å². The molecule has 1 aromatic rings. The van der Waals surface area contributed by atoms with Crippen LogP contribution in [0.15, 0.2) is 17.2 Å². The predicted molar refractivity (Wildman–Crippen MR) is 72.0 cm³/mol. The summed E-state index contributed by atoms with van der Waals surface area (Å²) >= 11 is 11.5. The minimum atomic E-state index is -1.24. The fourth-order valence-electron chi connectivity index (χ4n) is 1.06. The minimum absolute atomic E-state index is 0.0286. The monoisotopic (exact) mass is 299 g/mol. The van der Waals surface area contributed by atoms with E-state index in [2.05, 4.69) is 10.5 Å². The predicted octanol–water partition coefficient (Wildman–Crippen LogP) is 1.92. The first-order valence-electron chi connectivity index (χ1n) is 4.67. The molecule has 0 aliphatic heterocycles. The molecule has 1 aromatic carbocycles. The van der Waals surface area contributed by atoms with Gasteiger partial charge in [-0.15, -0.1) is 0 Å². The van der Waals surface area contributed by atoms with Crippen molar-refractivity contribution in [1.82, 2.24) is 0 Å². The molecule has 0 atom stereocenters. The summed E-state index contributed by atoms with van der Waals surface area (Å²) in [6.07, 6.45) is 0. The zero-order valence-corrected chi connectivity index (χ0v) is 10.7. The third-order valence-corrected chi connectivity index (χ3v) is 2.56. The molecule has 5 N–H and O–H groups in total. The van der Waals surface area contributed by atoms with E-state index in [9.17, 15) is 4.79 Å². The summed E-state index contributed by atoms with van der Waals surface area (Å²) in [6.45, 7) is 0. The Morgan fingerprint density at radius 3 is 2.58 bits per heavy atom. The Hall–Kier alpha value is -2.30. The highest BCUT2D eigenvalue weighted by molar-refractivity contribution is 6.46. The second-order valence-electron chi connectivity index (χ2n) is 3.21. The van der Waals surface area contributed by atoms with Crippen molar-refractivity contribution < 1.29 is 9.90 Å². The lowest BCUT2D eigenvalue weighted by Gasteiger charge is -2.07. The Morgan fingerprint density at radius 1 is 1.47 bits per heavy atom. The molecule has 0 saturated heterocycles. The van der Waals surface area contributed by atoms with E-state index in [1.165, 1.54) is 6.07 Å². The molecule has 0 aliphatic rings. The van der Waals surface area contributed by atoms with Crippen molar-refractivity contribution in [3.63, 3.8) is 0 Å². The van der Waals surface area contributed by atoms with Crippen molar-refractivity contribution in [1.29, 1.82) is 10.7 Å². The van der Waals surface area contributed by atoms with Gasteiger partial charge in [0.15, 0.2) is 5.84 Å². The van der Waals surface area contributed by atoms with Gasteiger partial charge in [0.1, 0.15) is 6.07 Å². The third kappa shape index (κ3) is 3.58. The number of aromatic carboxylic acids is 1. The topological polar surface area (TPSA) is 135 Å². The van der Waals surface area contributed by atoms with Gasteiger partial charge in [-0.3, -0.25) is 10.8 Å². The maximum Gasteiger partial charge on any atom is 0.337 e. The van der Waals surface area contributed by atoms with Crippen molar-refractivity contribution in [2.24, 2.45) is 10.8 Å². The maximum atomic E-state index is 10.9. The van der Waals surface area contributed by atoms with Crippen LogP contribution >= 0.6 is 23.2 Å². The Labute approximate surface area is 117 Å². The number of halogens is 2. The zero-order chi connectivity index (χ0) is 14.6. The summed E-state index contributed by atoms with van der Waals surface area (Å²) in [5.74, 6) is -1.76. The van der Waals surface area contributed by atoms with Crippen molar-refractivity contribution in [3.05, 3.63) is 27.7 Å². The summed E-state index contributed by atoms with van der Waals surface area (Å²) in [7, 11) is 0. The number of benzene rings is 1. The molecule has 19 heavy (non-hydrogen) atoms. The van der Waals surface area contributed by atoms with Crippen LogP contribution in [0.2, 0.25) is 10.0 Å². The fourth-order valence-corrected chi connectivity index (χ4v) is 1.57. The van der Waals surface area contributed by atoms with Gasteiger partial charge in [0.2, 0.25) is 5.71 Å². The van der Waals surface area contributed by atoms with Crippen LogP contribution in [0.25, 0.3) is 0 Å². The number of nitrogens with two attached hydrogens (primary N) is 1. The number of nitriles is 1. The molecule has 1 rings (SSSR count). The highest BCUT2D eigenvalue weighted by Gasteiger charge is 2.13. The summed E-state index contributed by atoms with van der Waals surface area (Å²) < 4.78 is 0. The minimum Gasteiger partial charge on any atom is -0.478 e. The molecular formula is C10H7Cl2N5O2. The summed E-state index contributed by atoms with van der Waals surface area (Å²) in [6, 6.07) is 3.98. The molecule has 7 nitrogen and oxygen atoms in total. The summed E-state index contributed by atoms with van der Waals surface area (Å²) in [5, 5.41) is 28.2. The highest BCUT2D eigenvalue weighted by Crippen LogP contribution is 2.29. The van der Waals surface area contributed by atoms with Crippen LogP contribution in [-0.4, -0.2) is 22.6 Å². The normalized spacial score (nSPS) is 10.7. The average Bonchev–Trinajstić information content (AvgIpc) is 2.31. The smallest absolute Gasteiger partial charge is 0.337 e. The Bertz CT molecular complexity index is 621. The molecule has 0 amide bonds. The van der Waals surface area contributed by atoms with Crippen molar-refractivity contribution in [2.75, 3.05) is 5.43 Å². The van der Waals surface area contributed by atoms with Gasteiger partial charge in [-0.2, -0.15) is 10.4 Å². The first-order chi connectivity index (χ1) is 8.86. The van der Waals surface area contributed by atoms with E-state index in [-0.39, 0.29) is 27.0 Å². The number of anilines is 1. The number of rotatable bonds is 4. The van der Waals surface area contributed by atoms with E-state index >= 15 is 0 Å². The molecule has 9 heteroatoms. The Kier molecular flexibility index (Phi) is 4.69. The van der Waals surface area contributed by atoms with E-state index in [1.54, 1.807) is 6.07 Å². The van der Waals surface area contributed by atoms with Gasteiger partial charge in [-0.1, -0.05) is 23.2 Å². The van der Waals surface area contributed by atoms with Gasteiger partial charge < -0.3 is 10.8 Å². The third-order valence-electron chi connectivity index (χ3n) is 1.94. The fraction of sp³-hybridized carbons (Fsp3) is 0. The van der Waals surface area contributed by atoms with Crippen LogP contribution in [0.3, 0.4) is 0 Å². The molecule has 98 valence electrons. The lowest BCUT2D eigenvalue weighted by atomic mass is 10.2. The number of amidine groups is 1. The van der Waals surface area contributed by atoms with E-state index < -0.39 is 11.8 Å². The molecule has 0 spiro atoms. The van der Waals surface area contributed by atoms with Gasteiger partial charge in [-0.05, 0) is 12.1 Å². The molecule has 0 unspecified atom stereocenters. The number of hydrogen-bond acceptors (Lipinski definition) is 5. The standard InChI is InChI=1S/C10H7Cl2N5O2/c11-5-2-6(12)7(1-4(5)10(18)19)16-17-8(3-13)9(14)15/h1-2,16H,(H3,14,15)(H,18,19)/b17-8+. The maximum absolute atomic E-state index is 10.9. The van der Waals surface area contributed by atoms with Gasteiger partial charge in [0, 0.05) is 0 Å². The first kappa shape index (κ1) is 14.8. The van der Waals surface area contributed by atoms with Crippen molar-refractivity contribution in [2.45, 2.75) is 0 Å². The number of carboxylic acid groups (broad SMARTS) is 1. The number of carbonyl (C=O) groups is 1. The van der Waals surface area contributed by atoms with Gasteiger partial charge in [0.05, 0.1) is 21.3 Å². The van der Waals surface area contributed by atoms with E-state index in [0.29, 0.717) is 0 Å². The molecule has 0 radical (unpaired) electrons. The molecule has 0 heterocycles. The molecule has 0 fully saturated rings. The first-order valence-corrected chi connectivity index (χ1v) is 5.43. The van der Waals surface area contributed by atoms with Crippen LogP contribution in [0, 0.1) is 16.7 Å². The van der Waals surface area contributed by atoms with Crippen LogP contribution < -0.4 is 11.2 Å². The molecule has 0 bridgehead atoms. The van der Waals surface area contributed by atoms with Gasteiger partial charge in [-0.25, -0.2) is 4.79 Å². The molecule has 0 saturated carbocycles. The average molecular weight is 300 g/mol. The van der Waals surface area contributed by atoms with Crippen molar-refractivity contribution in [3.8, 4) is 6.07 Å². The number of nitrogens with one attached hydrogen (secondary N) is 2. The number of hydrogen-bond donors (Lipinski definition) is 4. The second kappa shape index (κ2) is 6.04. The van der Waals surface area contributed by atoms with Crippen LogP contribution in [0.4, 0.5) is 5.69 Å². The summed E-state index contributed by atoms with van der Waals surface area (Å²) in [5.41, 5.74) is 7.04. The zero-order valence-electron chi connectivity index (χ0n) is 9.24. The van der Waals surface area contributed by atoms with Crippen LogP contribution in [-0.2, 0) is 0 Å². The lowest BCUT2D eigenvalue weighted by molar-refractivity contribution is 0.0697. The van der Waals surface area contributed by atoms with E-state index in [1.807, 2.05) is 0 Å². The Balaban J connectivity index is 3.16.